The summed E-state index contributed by atoms with van der Waals surface area (Å²) in [5.74, 6) is 0.713. The average molecular weight is 636 g/mol. The van der Waals surface area contributed by atoms with Crippen LogP contribution in [-0.4, -0.2) is 85.9 Å². The monoisotopic (exact) mass is 635 g/mol. The molecule has 0 atom stereocenters. The highest BCUT2D eigenvalue weighted by atomic mass is 19.1. The van der Waals surface area contributed by atoms with Gasteiger partial charge in [-0.15, -0.1) is 10.2 Å². The Morgan fingerprint density at radius 1 is 1.09 bits per heavy atom. The molecule has 2 aromatic heterocycles. The van der Waals surface area contributed by atoms with E-state index in [4.69, 9.17) is 14.2 Å². The Morgan fingerprint density at radius 3 is 2.54 bits per heavy atom. The van der Waals surface area contributed by atoms with Crippen LogP contribution in [-0.2, 0) is 17.7 Å². The second-order valence-corrected chi connectivity index (χ2v) is 12.7. The molecule has 0 radical (unpaired) electrons. The Labute approximate surface area is 268 Å². The largest absolute Gasteiger partial charge is 0.490 e. The predicted molar refractivity (Wildman–Crippen MR) is 169 cm³/mol. The fourth-order valence-electron chi connectivity index (χ4n) is 5.69. The van der Waals surface area contributed by atoms with Gasteiger partial charge in [0.25, 0.3) is 11.8 Å². The molecule has 2 aliphatic rings. The number of pyridine rings is 1. The van der Waals surface area contributed by atoms with Gasteiger partial charge in [0.1, 0.15) is 35.3 Å². The van der Waals surface area contributed by atoms with E-state index in [1.807, 2.05) is 52.5 Å². The summed E-state index contributed by atoms with van der Waals surface area (Å²) in [7, 11) is 0. The van der Waals surface area contributed by atoms with Crippen LogP contribution in [0.25, 0.3) is 0 Å². The lowest BCUT2D eigenvalue weighted by atomic mass is 10.0. The standard InChI is InChI=1S/C33H42FN7O5/c1-7-41(21(2)3)31(42)25-18-22(34)8-9-27(25)45-30-29(36-20-37-38-30)39-15-11-23(12-16-39)44-28-10-14-35-26-19-40(17-13-24(26)28)32(43)46-33(4,5)6/h8-10,14,18,20-21,23H,7,11-13,15-17,19H2,1-6H3. The highest BCUT2D eigenvalue weighted by molar-refractivity contribution is 5.97. The summed E-state index contributed by atoms with van der Waals surface area (Å²) >= 11 is 0. The molecule has 46 heavy (non-hydrogen) atoms. The lowest BCUT2D eigenvalue weighted by Crippen LogP contribution is -2.41. The van der Waals surface area contributed by atoms with Crippen LogP contribution in [0.4, 0.5) is 15.0 Å². The SMILES string of the molecule is CCN(C(=O)c1cc(F)ccc1Oc1nncnc1N1CCC(Oc2ccnc3c2CCN(C(=O)OC(C)(C)C)C3)CC1)C(C)C. The molecule has 4 heterocycles. The van der Waals surface area contributed by atoms with Gasteiger partial charge < -0.3 is 28.9 Å². The molecular weight excluding hydrogens is 593 g/mol. The summed E-state index contributed by atoms with van der Waals surface area (Å²) in [6.07, 6.45) is 4.74. The summed E-state index contributed by atoms with van der Waals surface area (Å²) < 4.78 is 32.4. The van der Waals surface area contributed by atoms with Gasteiger partial charge in [-0.1, -0.05) is 0 Å². The topological polar surface area (TPSA) is 123 Å². The van der Waals surface area contributed by atoms with E-state index in [-0.39, 0.29) is 41.3 Å². The highest BCUT2D eigenvalue weighted by Crippen LogP contribution is 2.34. The van der Waals surface area contributed by atoms with Crippen molar-refractivity contribution in [3.05, 3.63) is 59.4 Å². The molecule has 0 spiro atoms. The first kappa shape index (κ1) is 32.8. The first-order chi connectivity index (χ1) is 21.9. The first-order valence-electron chi connectivity index (χ1n) is 15.8. The summed E-state index contributed by atoms with van der Waals surface area (Å²) in [5, 5.41) is 8.08. The normalized spacial score (nSPS) is 15.4. The second kappa shape index (κ2) is 13.8. The Kier molecular flexibility index (Phi) is 9.88. The zero-order chi connectivity index (χ0) is 33.0. The maximum Gasteiger partial charge on any atom is 0.410 e. The van der Waals surface area contributed by atoms with Crippen molar-refractivity contribution >= 4 is 17.8 Å². The molecule has 246 valence electrons. The van der Waals surface area contributed by atoms with Gasteiger partial charge in [-0.2, -0.15) is 0 Å². The molecule has 0 N–H and O–H groups in total. The Bertz CT molecular complexity index is 1560. The number of anilines is 1. The van der Waals surface area contributed by atoms with E-state index in [1.54, 1.807) is 16.0 Å². The number of rotatable bonds is 8. The molecule has 0 bridgehead atoms. The van der Waals surface area contributed by atoms with Gasteiger partial charge in [0.15, 0.2) is 5.82 Å². The number of nitrogens with zero attached hydrogens (tertiary/aromatic N) is 7. The second-order valence-electron chi connectivity index (χ2n) is 12.7. The van der Waals surface area contributed by atoms with Gasteiger partial charge in [0.2, 0.25) is 0 Å². The Balaban J connectivity index is 1.25. The Morgan fingerprint density at radius 2 is 1.85 bits per heavy atom. The molecule has 0 unspecified atom stereocenters. The maximum absolute atomic E-state index is 14.3. The maximum atomic E-state index is 14.3. The molecule has 13 heteroatoms. The zero-order valence-electron chi connectivity index (χ0n) is 27.3. The van der Waals surface area contributed by atoms with E-state index in [9.17, 15) is 14.0 Å². The van der Waals surface area contributed by atoms with E-state index in [1.165, 1.54) is 24.5 Å². The van der Waals surface area contributed by atoms with Crippen molar-refractivity contribution in [2.45, 2.75) is 85.1 Å². The molecule has 5 rings (SSSR count). The molecule has 12 nitrogen and oxygen atoms in total. The number of hydrogen-bond donors (Lipinski definition) is 0. The number of carbonyl (C=O) groups is 2. The van der Waals surface area contributed by atoms with Crippen LogP contribution in [0.5, 0.6) is 17.4 Å². The van der Waals surface area contributed by atoms with Crippen molar-refractivity contribution in [2.24, 2.45) is 0 Å². The number of benzene rings is 1. The lowest BCUT2D eigenvalue weighted by Gasteiger charge is -2.34. The number of aromatic nitrogens is 4. The highest BCUT2D eigenvalue weighted by Gasteiger charge is 2.30. The lowest BCUT2D eigenvalue weighted by molar-refractivity contribution is 0.0218. The number of halogens is 1. The number of ether oxygens (including phenoxy) is 3. The molecule has 1 fully saturated rings. The van der Waals surface area contributed by atoms with Crippen LogP contribution in [0.2, 0.25) is 0 Å². The van der Waals surface area contributed by atoms with E-state index < -0.39 is 11.4 Å². The van der Waals surface area contributed by atoms with Crippen molar-refractivity contribution in [1.82, 2.24) is 30.0 Å². The molecule has 2 amide bonds. The van der Waals surface area contributed by atoms with Gasteiger partial charge in [-0.05, 0) is 72.2 Å². The number of hydrogen-bond acceptors (Lipinski definition) is 10. The van der Waals surface area contributed by atoms with E-state index >= 15 is 0 Å². The summed E-state index contributed by atoms with van der Waals surface area (Å²) in [6, 6.07) is 5.67. The third-order valence-corrected chi connectivity index (χ3v) is 7.94. The molecule has 0 saturated carbocycles. The third kappa shape index (κ3) is 7.63. The fourth-order valence-corrected chi connectivity index (χ4v) is 5.69. The molecular formula is C33H42FN7O5. The van der Waals surface area contributed by atoms with Crippen LogP contribution in [0.1, 0.15) is 76.0 Å². The summed E-state index contributed by atoms with van der Waals surface area (Å²) in [6.45, 7) is 13.8. The molecule has 3 aromatic rings. The van der Waals surface area contributed by atoms with Crippen LogP contribution < -0.4 is 14.4 Å². The summed E-state index contributed by atoms with van der Waals surface area (Å²) in [4.78, 5) is 40.3. The average Bonchev–Trinajstić information content (AvgIpc) is 3.02. The minimum atomic E-state index is -0.563. The van der Waals surface area contributed by atoms with E-state index in [0.717, 1.165) is 17.0 Å². The van der Waals surface area contributed by atoms with Gasteiger partial charge in [0, 0.05) is 56.8 Å². The quantitative estimate of drug-likeness (QED) is 0.318. The molecule has 0 aliphatic carbocycles. The molecule has 1 aromatic carbocycles. The smallest absolute Gasteiger partial charge is 0.410 e. The fraction of sp³-hybridized carbons (Fsp3) is 0.515. The predicted octanol–water partition coefficient (Wildman–Crippen LogP) is 5.41. The van der Waals surface area contributed by atoms with Gasteiger partial charge in [-0.25, -0.2) is 14.2 Å². The summed E-state index contributed by atoms with van der Waals surface area (Å²) in [5.41, 5.74) is 1.38. The third-order valence-electron chi connectivity index (χ3n) is 7.94. The molecule has 2 aliphatic heterocycles. The van der Waals surface area contributed by atoms with Crippen LogP contribution in [0.15, 0.2) is 36.8 Å². The van der Waals surface area contributed by atoms with Crippen molar-refractivity contribution in [1.29, 1.82) is 0 Å². The number of fused-ring (bicyclic) bond motifs is 1. The van der Waals surface area contributed by atoms with Crippen LogP contribution in [0, 0.1) is 5.82 Å². The van der Waals surface area contributed by atoms with Crippen LogP contribution in [0.3, 0.4) is 0 Å². The number of piperidine rings is 1. The minimum Gasteiger partial charge on any atom is -0.490 e. The van der Waals surface area contributed by atoms with E-state index in [0.29, 0.717) is 57.8 Å². The number of carbonyl (C=O) groups excluding carboxylic acids is 2. The van der Waals surface area contributed by atoms with Gasteiger partial charge in [0.05, 0.1) is 17.8 Å². The first-order valence-corrected chi connectivity index (χ1v) is 15.8. The van der Waals surface area contributed by atoms with Gasteiger partial charge in [-0.3, -0.25) is 9.78 Å². The van der Waals surface area contributed by atoms with Gasteiger partial charge >= 0.3 is 6.09 Å². The van der Waals surface area contributed by atoms with E-state index in [2.05, 4.69) is 20.2 Å². The minimum absolute atomic E-state index is 0.0387. The Hall–Kier alpha value is -4.55. The van der Waals surface area contributed by atoms with Crippen molar-refractivity contribution in [2.75, 3.05) is 31.1 Å². The molecule has 1 saturated heterocycles. The van der Waals surface area contributed by atoms with Crippen molar-refractivity contribution in [3.63, 3.8) is 0 Å². The van der Waals surface area contributed by atoms with Crippen LogP contribution >= 0.6 is 0 Å². The zero-order valence-corrected chi connectivity index (χ0v) is 27.3. The number of amides is 2. The van der Waals surface area contributed by atoms with Crippen molar-refractivity contribution in [3.8, 4) is 17.4 Å². The van der Waals surface area contributed by atoms with Crippen molar-refractivity contribution < 1.29 is 28.2 Å².